The Morgan fingerprint density at radius 3 is 2.59 bits per heavy atom. The lowest BCUT2D eigenvalue weighted by molar-refractivity contribution is -0.133. The fourth-order valence-electron chi connectivity index (χ4n) is 4.19. The third-order valence-electron chi connectivity index (χ3n) is 5.75. The van der Waals surface area contributed by atoms with Crippen LogP contribution in [0.2, 0.25) is 0 Å². The molecule has 0 spiro atoms. The average molecular weight is 373 g/mol. The highest BCUT2D eigenvalue weighted by atomic mass is 16.5. The molecule has 0 aliphatic carbocycles. The van der Waals surface area contributed by atoms with Crippen molar-refractivity contribution in [1.82, 2.24) is 15.1 Å². The predicted octanol–water partition coefficient (Wildman–Crippen LogP) is 2.64. The summed E-state index contributed by atoms with van der Waals surface area (Å²) in [5.74, 6) is 0.774. The van der Waals surface area contributed by atoms with Crippen LogP contribution in [0.3, 0.4) is 0 Å². The summed E-state index contributed by atoms with van der Waals surface area (Å²) in [6.45, 7) is 3.67. The number of likely N-dealkylation sites (tertiary alicyclic amines) is 2. The van der Waals surface area contributed by atoms with Crippen LogP contribution in [0.25, 0.3) is 0 Å². The highest BCUT2D eigenvalue weighted by Crippen LogP contribution is 2.31. The molecular formula is C21H31N3O3. The number of carbonyl (C=O) groups is 2. The third-order valence-corrected chi connectivity index (χ3v) is 5.75. The Kier molecular flexibility index (Phi) is 7.10. The second kappa shape index (κ2) is 9.74. The number of nitrogens with zero attached hydrogens (tertiary/aromatic N) is 2. The number of rotatable bonds is 6. The van der Waals surface area contributed by atoms with Crippen LogP contribution in [-0.2, 0) is 16.1 Å². The Labute approximate surface area is 161 Å². The summed E-state index contributed by atoms with van der Waals surface area (Å²) >= 11 is 0. The molecule has 27 heavy (non-hydrogen) atoms. The summed E-state index contributed by atoms with van der Waals surface area (Å²) in [6.07, 6.45) is 4.43. The molecular weight excluding hydrogens is 342 g/mol. The number of amides is 2. The highest BCUT2D eigenvalue weighted by Gasteiger charge is 2.35. The van der Waals surface area contributed by atoms with Crippen LogP contribution in [0, 0.1) is 5.92 Å². The minimum absolute atomic E-state index is 0.153. The molecule has 0 bridgehead atoms. The first kappa shape index (κ1) is 19.7. The van der Waals surface area contributed by atoms with E-state index in [1.165, 1.54) is 12.8 Å². The molecule has 1 N–H and O–H groups in total. The SMILES string of the molecule is CN1CCC(C2CCCN2C(=O)CCNC(=O)OCc2ccccc2)CC1. The zero-order valence-corrected chi connectivity index (χ0v) is 16.2. The van der Waals surface area contributed by atoms with Gasteiger partial charge in [0, 0.05) is 25.6 Å². The summed E-state index contributed by atoms with van der Waals surface area (Å²) in [5, 5.41) is 2.69. The molecule has 0 saturated carbocycles. The van der Waals surface area contributed by atoms with Gasteiger partial charge in [0.05, 0.1) is 0 Å². The number of ether oxygens (including phenoxy) is 1. The van der Waals surface area contributed by atoms with Crippen LogP contribution < -0.4 is 5.32 Å². The maximum Gasteiger partial charge on any atom is 0.407 e. The minimum atomic E-state index is -0.472. The summed E-state index contributed by atoms with van der Waals surface area (Å²) in [6, 6.07) is 9.95. The van der Waals surface area contributed by atoms with Crippen molar-refractivity contribution in [1.29, 1.82) is 0 Å². The van der Waals surface area contributed by atoms with E-state index in [2.05, 4.69) is 22.2 Å². The number of hydrogen-bond donors (Lipinski definition) is 1. The molecule has 2 heterocycles. The lowest BCUT2D eigenvalue weighted by atomic mass is 9.88. The first-order valence-corrected chi connectivity index (χ1v) is 10.1. The molecule has 0 aromatic heterocycles. The number of nitrogens with one attached hydrogen (secondary N) is 1. The van der Waals surface area contributed by atoms with E-state index in [9.17, 15) is 9.59 Å². The number of piperidine rings is 1. The standard InChI is InChI=1S/C21H31N3O3/c1-23-14-10-18(11-15-23)19-8-5-13-24(19)20(25)9-12-22-21(26)27-16-17-6-3-2-4-7-17/h2-4,6-7,18-19H,5,8-16H2,1H3,(H,22,26). The number of benzene rings is 1. The Morgan fingerprint density at radius 2 is 1.85 bits per heavy atom. The van der Waals surface area contributed by atoms with Crippen LogP contribution in [0.5, 0.6) is 0 Å². The lowest BCUT2D eigenvalue weighted by Crippen LogP contribution is -2.44. The summed E-state index contributed by atoms with van der Waals surface area (Å²) in [7, 11) is 2.16. The fraction of sp³-hybridized carbons (Fsp3) is 0.619. The Hall–Kier alpha value is -2.08. The van der Waals surface area contributed by atoms with Crippen molar-refractivity contribution in [3.05, 3.63) is 35.9 Å². The van der Waals surface area contributed by atoms with Gasteiger partial charge in [0.25, 0.3) is 0 Å². The van der Waals surface area contributed by atoms with Crippen LogP contribution in [0.15, 0.2) is 30.3 Å². The van der Waals surface area contributed by atoms with Gasteiger partial charge in [-0.1, -0.05) is 30.3 Å². The van der Waals surface area contributed by atoms with Crippen LogP contribution in [0.1, 0.15) is 37.7 Å². The maximum atomic E-state index is 12.6. The van der Waals surface area contributed by atoms with Crippen molar-refractivity contribution >= 4 is 12.0 Å². The van der Waals surface area contributed by atoms with Gasteiger partial charge in [-0.15, -0.1) is 0 Å². The molecule has 2 aliphatic rings. The van der Waals surface area contributed by atoms with Gasteiger partial charge in [-0.25, -0.2) is 4.79 Å². The van der Waals surface area contributed by atoms with E-state index in [1.807, 2.05) is 30.3 Å². The molecule has 1 unspecified atom stereocenters. The highest BCUT2D eigenvalue weighted by molar-refractivity contribution is 5.77. The normalized spacial score (nSPS) is 21.2. The van der Waals surface area contributed by atoms with Crippen molar-refractivity contribution in [2.45, 2.75) is 44.8 Å². The molecule has 1 aromatic rings. The van der Waals surface area contributed by atoms with Crippen LogP contribution in [-0.4, -0.2) is 61.1 Å². The molecule has 2 saturated heterocycles. The van der Waals surface area contributed by atoms with Crippen molar-refractivity contribution in [3.63, 3.8) is 0 Å². The molecule has 1 aromatic carbocycles. The van der Waals surface area contributed by atoms with E-state index < -0.39 is 6.09 Å². The smallest absolute Gasteiger partial charge is 0.407 e. The zero-order valence-electron chi connectivity index (χ0n) is 16.2. The summed E-state index contributed by atoms with van der Waals surface area (Å²) in [5.41, 5.74) is 0.946. The molecule has 1 atom stereocenters. The van der Waals surface area contributed by atoms with Gasteiger partial charge in [0.2, 0.25) is 5.91 Å². The van der Waals surface area contributed by atoms with Crippen LogP contribution >= 0.6 is 0 Å². The van der Waals surface area contributed by atoms with E-state index in [0.29, 0.717) is 24.9 Å². The Bertz CT molecular complexity index is 614. The van der Waals surface area contributed by atoms with Gasteiger partial charge in [-0.2, -0.15) is 0 Å². The van der Waals surface area contributed by atoms with Crippen molar-refractivity contribution < 1.29 is 14.3 Å². The molecule has 148 valence electrons. The topological polar surface area (TPSA) is 61.9 Å². The maximum absolute atomic E-state index is 12.6. The van der Waals surface area contributed by atoms with Gasteiger partial charge in [-0.05, 0) is 57.3 Å². The molecule has 2 aliphatic heterocycles. The molecule has 0 radical (unpaired) electrons. The van der Waals surface area contributed by atoms with Gasteiger partial charge < -0.3 is 19.9 Å². The molecule has 6 heteroatoms. The second-order valence-electron chi connectivity index (χ2n) is 7.68. The van der Waals surface area contributed by atoms with Crippen molar-refractivity contribution in [2.24, 2.45) is 5.92 Å². The van der Waals surface area contributed by atoms with E-state index in [1.54, 1.807) is 0 Å². The molecule has 2 fully saturated rings. The third kappa shape index (κ3) is 5.70. The van der Waals surface area contributed by atoms with E-state index in [-0.39, 0.29) is 12.5 Å². The van der Waals surface area contributed by atoms with Crippen LogP contribution in [0.4, 0.5) is 4.79 Å². The van der Waals surface area contributed by atoms with E-state index in [0.717, 1.165) is 38.0 Å². The summed E-state index contributed by atoms with van der Waals surface area (Å²) < 4.78 is 5.18. The second-order valence-corrected chi connectivity index (χ2v) is 7.68. The molecule has 3 rings (SSSR count). The number of hydrogen-bond acceptors (Lipinski definition) is 4. The first-order chi connectivity index (χ1) is 13.1. The van der Waals surface area contributed by atoms with Crippen molar-refractivity contribution in [3.8, 4) is 0 Å². The molecule has 2 amide bonds. The quantitative estimate of drug-likeness (QED) is 0.833. The van der Waals surface area contributed by atoms with Gasteiger partial charge >= 0.3 is 6.09 Å². The average Bonchev–Trinajstić information content (AvgIpc) is 3.17. The predicted molar refractivity (Wildman–Crippen MR) is 104 cm³/mol. The van der Waals surface area contributed by atoms with E-state index in [4.69, 9.17) is 4.74 Å². The Balaban J connectivity index is 1.37. The number of alkyl carbamates (subject to hydrolysis) is 1. The van der Waals surface area contributed by atoms with Gasteiger partial charge in [0.15, 0.2) is 0 Å². The Morgan fingerprint density at radius 1 is 1.11 bits per heavy atom. The zero-order chi connectivity index (χ0) is 19.1. The minimum Gasteiger partial charge on any atom is -0.445 e. The summed E-state index contributed by atoms with van der Waals surface area (Å²) in [4.78, 5) is 28.9. The lowest BCUT2D eigenvalue weighted by Gasteiger charge is -2.37. The van der Waals surface area contributed by atoms with Gasteiger partial charge in [-0.3, -0.25) is 4.79 Å². The van der Waals surface area contributed by atoms with E-state index >= 15 is 0 Å². The molecule has 6 nitrogen and oxygen atoms in total. The fourth-order valence-corrected chi connectivity index (χ4v) is 4.19. The van der Waals surface area contributed by atoms with Crippen molar-refractivity contribution in [2.75, 3.05) is 33.2 Å². The largest absolute Gasteiger partial charge is 0.445 e. The van der Waals surface area contributed by atoms with Gasteiger partial charge in [0.1, 0.15) is 6.61 Å². The number of carbonyl (C=O) groups excluding carboxylic acids is 2. The first-order valence-electron chi connectivity index (χ1n) is 10.1. The monoisotopic (exact) mass is 373 g/mol.